The molecule has 0 aliphatic heterocycles. The number of rotatable bonds is 5. The number of furan rings is 2. The van der Waals surface area contributed by atoms with E-state index in [-0.39, 0.29) is 25.7 Å². The molecule has 0 amide bonds. The van der Waals surface area contributed by atoms with Crippen LogP contribution in [0.25, 0.3) is 94.5 Å². The molecule has 11 aromatic rings. The van der Waals surface area contributed by atoms with E-state index in [1.807, 2.05) is 66.7 Å². The van der Waals surface area contributed by atoms with Gasteiger partial charge in [-0.05, 0) is 82.8 Å². The number of para-hydroxylation sites is 3. The van der Waals surface area contributed by atoms with Crippen molar-refractivity contribution in [3.8, 4) is 50.6 Å². The number of imidazole rings is 1. The Bertz CT molecular complexity index is 3250. The summed E-state index contributed by atoms with van der Waals surface area (Å²) in [5, 5.41) is 3.18. The molecule has 11 rings (SSSR count). The predicted octanol–water partition coefficient (Wildman–Crippen LogP) is 13.3. The molecule has 0 N–H and O–H groups in total. The van der Waals surface area contributed by atoms with E-state index in [1.54, 1.807) is 18.2 Å². The van der Waals surface area contributed by atoms with Crippen molar-refractivity contribution in [3.63, 3.8) is 0 Å². The number of fused-ring (bicyclic) bond motifs is 5. The molecule has 0 saturated carbocycles. The van der Waals surface area contributed by atoms with Gasteiger partial charge in [-0.1, -0.05) is 120 Å². The topological polar surface area (TPSA) is 57.0 Å². The van der Waals surface area contributed by atoms with Crippen molar-refractivity contribution in [3.05, 3.63) is 200 Å². The van der Waals surface area contributed by atoms with Crippen LogP contribution in [0, 0.1) is 19.2 Å². The normalized spacial score (nSPS) is 12.1. The van der Waals surface area contributed by atoms with Gasteiger partial charge in [0.05, 0.1) is 16.9 Å². The van der Waals surface area contributed by atoms with Crippen LogP contribution in [0.15, 0.2) is 191 Å². The first-order valence-corrected chi connectivity index (χ1v) is 18.3. The molecule has 0 bridgehead atoms. The third-order valence-electron chi connectivity index (χ3n) is 9.99. The van der Waals surface area contributed by atoms with Gasteiger partial charge in [-0.15, -0.1) is 35.9 Å². The molecule has 0 fully saturated rings. The number of nitrogens with zero attached hydrogens (tertiary/aromatic N) is 3. The summed E-state index contributed by atoms with van der Waals surface area (Å²) < 4.78 is 35.9. The van der Waals surface area contributed by atoms with Crippen molar-refractivity contribution in [1.29, 1.82) is 0 Å². The average Bonchev–Trinajstić information content (AvgIpc) is 4.00. The Balaban J connectivity index is 0.000000230. The van der Waals surface area contributed by atoms with Crippen LogP contribution in [-0.4, -0.2) is 14.5 Å². The monoisotopic (exact) mass is 915 g/mol. The largest absolute Gasteiger partial charge is 0.557 e. The summed E-state index contributed by atoms with van der Waals surface area (Å²) in [6.45, 7) is -2.09. The number of benzene rings is 7. The molecule has 1 radical (unpaired) electrons. The molecular weight excluding hydrogens is 879 g/mol. The van der Waals surface area contributed by atoms with E-state index in [0.29, 0.717) is 0 Å². The first-order chi connectivity index (χ1) is 28.9. The van der Waals surface area contributed by atoms with Gasteiger partial charge in [0, 0.05) is 58.7 Å². The number of hydrogen-bond acceptors (Lipinski definition) is 4. The van der Waals surface area contributed by atoms with Crippen LogP contribution >= 0.6 is 0 Å². The van der Waals surface area contributed by atoms with E-state index >= 15 is 0 Å². The quantitative estimate of drug-likeness (QED) is 0.161. The van der Waals surface area contributed by atoms with Crippen LogP contribution in [0.1, 0.15) is 9.68 Å². The van der Waals surface area contributed by atoms with Gasteiger partial charge >= 0.3 is 0 Å². The predicted molar refractivity (Wildman–Crippen MR) is 227 cm³/mol. The van der Waals surface area contributed by atoms with Crippen LogP contribution in [0.5, 0.6) is 0 Å². The zero-order valence-electron chi connectivity index (χ0n) is 33.3. The molecule has 0 saturated heterocycles. The molecule has 6 heteroatoms. The second-order valence-corrected chi connectivity index (χ2v) is 13.5. The van der Waals surface area contributed by atoms with Crippen molar-refractivity contribution < 1.29 is 33.1 Å². The van der Waals surface area contributed by atoms with E-state index in [0.717, 1.165) is 83.4 Å². The molecule has 7 aromatic carbocycles. The second-order valence-electron chi connectivity index (χ2n) is 13.5. The maximum Gasteiger partial charge on any atom is 0.135 e. The summed E-state index contributed by atoms with van der Waals surface area (Å²) in [4.78, 5) is 9.22. The van der Waals surface area contributed by atoms with E-state index < -0.39 is 6.85 Å². The average molecular weight is 915 g/mol. The first-order valence-electron chi connectivity index (χ1n) is 19.8. The Morgan fingerprint density at radius 3 is 2.09 bits per heavy atom. The summed E-state index contributed by atoms with van der Waals surface area (Å²) in [5.74, 6) is 0.792. The van der Waals surface area contributed by atoms with Crippen molar-refractivity contribution in [2.24, 2.45) is 0 Å². The van der Waals surface area contributed by atoms with Crippen LogP contribution in [-0.2, 0) is 20.1 Å². The van der Waals surface area contributed by atoms with Gasteiger partial charge in [-0.25, -0.2) is 0 Å². The number of aromatic nitrogens is 3. The van der Waals surface area contributed by atoms with E-state index in [4.69, 9.17) is 17.9 Å². The first kappa shape index (κ1) is 32.4. The molecule has 5 nitrogen and oxygen atoms in total. The summed E-state index contributed by atoms with van der Waals surface area (Å²) >= 11 is 0. The maximum absolute atomic E-state index is 7.23. The summed E-state index contributed by atoms with van der Waals surface area (Å²) in [6, 6.07) is 61.9. The van der Waals surface area contributed by atoms with Gasteiger partial charge in [0.25, 0.3) is 0 Å². The van der Waals surface area contributed by atoms with Crippen LogP contribution in [0.3, 0.4) is 0 Å². The fraction of sp³-hybridized carbons (Fsp3) is 0.0196. The summed E-state index contributed by atoms with van der Waals surface area (Å²) in [5.41, 5.74) is 12.8. The third-order valence-corrected chi connectivity index (χ3v) is 9.99. The fourth-order valence-electron chi connectivity index (χ4n) is 7.22. The van der Waals surface area contributed by atoms with Crippen molar-refractivity contribution in [1.82, 2.24) is 14.5 Å². The molecule has 57 heavy (non-hydrogen) atoms. The van der Waals surface area contributed by atoms with Gasteiger partial charge in [0.1, 0.15) is 11.2 Å². The summed E-state index contributed by atoms with van der Waals surface area (Å²) in [6.07, 6.45) is 4.59. The Labute approximate surface area is 347 Å². The van der Waals surface area contributed by atoms with Crippen LogP contribution in [0.2, 0.25) is 0 Å². The molecule has 0 atom stereocenters. The molecule has 0 aliphatic rings. The zero-order valence-corrected chi connectivity index (χ0v) is 32.7. The van der Waals surface area contributed by atoms with E-state index in [2.05, 4.69) is 113 Å². The van der Waals surface area contributed by atoms with Crippen molar-refractivity contribution in [2.75, 3.05) is 0 Å². The number of hydrogen-bond donors (Lipinski definition) is 0. The van der Waals surface area contributed by atoms with Gasteiger partial charge in [-0.2, -0.15) is 0 Å². The molecule has 0 aliphatic carbocycles. The number of aryl methyl sites for hydroxylation is 1. The fourth-order valence-corrected chi connectivity index (χ4v) is 7.22. The van der Waals surface area contributed by atoms with E-state index in [1.165, 1.54) is 17.3 Å². The third kappa shape index (κ3) is 6.87. The van der Waals surface area contributed by atoms with Crippen molar-refractivity contribution >= 4 is 43.9 Å². The maximum atomic E-state index is 7.23. The van der Waals surface area contributed by atoms with Gasteiger partial charge in [0.2, 0.25) is 0 Å². The second kappa shape index (κ2) is 15.4. The molecular formula is C51H33IrN3O2-2. The summed E-state index contributed by atoms with van der Waals surface area (Å²) in [7, 11) is 0. The van der Waals surface area contributed by atoms with Gasteiger partial charge in [0.15, 0.2) is 0 Å². The Morgan fingerprint density at radius 2 is 1.30 bits per heavy atom. The minimum Gasteiger partial charge on any atom is -0.557 e. The minimum atomic E-state index is -2.09. The smallest absolute Gasteiger partial charge is 0.135 e. The Morgan fingerprint density at radius 1 is 0.596 bits per heavy atom. The Hall–Kier alpha value is -6.85. The zero-order chi connectivity index (χ0) is 39.9. The van der Waals surface area contributed by atoms with Gasteiger partial charge in [-0.3, -0.25) is 4.98 Å². The van der Waals surface area contributed by atoms with Crippen LogP contribution in [0.4, 0.5) is 0 Å². The van der Waals surface area contributed by atoms with Gasteiger partial charge < -0.3 is 18.4 Å². The molecule has 0 unspecified atom stereocenters. The van der Waals surface area contributed by atoms with Crippen LogP contribution < -0.4 is 0 Å². The standard InChI is InChI=1S/C39H23N2O2.C12H10N.Ir/c1-2-8-25(9-3-1)26-14-18-29(19-15-26)41-35-12-6-5-11-34(35)40-39(41)33-24-42-36-20-16-27(23-32(33)36)28-17-21-38-31(22-28)30-10-4-7-13-37(30)43-38;1-10-7-8-12(13-9-10)11-5-3-2-4-6-11;/h1-23H;2-5,7-9H,1H3;/q2*-1;/i;1D3;. The SMILES string of the molecule is [2H]C([2H])([2H])c1ccc(-c2[c-]cccc2)nc1.[Ir].[c-]1oc2ccc(-c3ccc4oc5ccccc5c4c3)cc2c1-c1nc2ccccc2n1-c1ccc(-c2ccccc2)cc1. The number of pyridine rings is 1. The molecule has 275 valence electrons. The van der Waals surface area contributed by atoms with E-state index in [9.17, 15) is 0 Å². The molecule has 0 spiro atoms. The molecule has 4 heterocycles. The molecule has 4 aromatic heterocycles. The Kier molecular flexibility index (Phi) is 8.73. The minimum absolute atomic E-state index is 0. The van der Waals surface area contributed by atoms with Crippen molar-refractivity contribution in [2.45, 2.75) is 6.85 Å².